The molecular formula is C21H15N5O3. The van der Waals surface area contributed by atoms with Gasteiger partial charge in [0.2, 0.25) is 11.8 Å². The van der Waals surface area contributed by atoms with Gasteiger partial charge in [-0.15, -0.1) is 4.91 Å². The van der Waals surface area contributed by atoms with Gasteiger partial charge in [0.1, 0.15) is 5.69 Å². The lowest BCUT2D eigenvalue weighted by Gasteiger charge is -2.07. The summed E-state index contributed by atoms with van der Waals surface area (Å²) in [5.74, 6) is -0.337. The third kappa shape index (κ3) is 3.27. The third-order valence-electron chi connectivity index (χ3n) is 4.41. The molecule has 29 heavy (non-hydrogen) atoms. The number of rotatable bonds is 4. The Kier molecular flexibility index (Phi) is 4.66. The first kappa shape index (κ1) is 18.2. The molecular weight excluding hydrogens is 370 g/mol. The second kappa shape index (κ2) is 7.43. The highest BCUT2D eigenvalue weighted by Crippen LogP contribution is 2.36. The number of fused-ring (bicyclic) bond motifs is 1. The van der Waals surface area contributed by atoms with E-state index in [2.05, 4.69) is 20.1 Å². The van der Waals surface area contributed by atoms with Crippen molar-refractivity contribution in [1.82, 2.24) is 14.5 Å². The van der Waals surface area contributed by atoms with Gasteiger partial charge < -0.3 is 5.11 Å². The molecule has 8 nitrogen and oxygen atoms in total. The summed E-state index contributed by atoms with van der Waals surface area (Å²) in [5, 5.41) is 14.5. The summed E-state index contributed by atoms with van der Waals surface area (Å²) in [6.45, 7) is 1.33. The van der Waals surface area contributed by atoms with Crippen molar-refractivity contribution in [3.63, 3.8) is 0 Å². The summed E-state index contributed by atoms with van der Waals surface area (Å²) in [4.78, 5) is 36.0. The molecule has 4 aromatic rings. The lowest BCUT2D eigenvalue weighted by molar-refractivity contribution is 0.0933. The fourth-order valence-corrected chi connectivity index (χ4v) is 3.20. The first-order chi connectivity index (χ1) is 14.1. The van der Waals surface area contributed by atoms with Crippen LogP contribution < -0.4 is 0 Å². The summed E-state index contributed by atoms with van der Waals surface area (Å²) < 4.78 is 1.13. The highest BCUT2D eigenvalue weighted by molar-refractivity contribution is 6.23. The summed E-state index contributed by atoms with van der Waals surface area (Å²) in [5.41, 5.74) is 2.00. The average molecular weight is 385 g/mol. The Hall–Kier alpha value is -4.20. The summed E-state index contributed by atoms with van der Waals surface area (Å²) >= 11 is 0. The molecule has 0 saturated carbocycles. The van der Waals surface area contributed by atoms with Gasteiger partial charge >= 0.3 is 0 Å². The Morgan fingerprint density at radius 2 is 1.90 bits per heavy atom. The van der Waals surface area contributed by atoms with Gasteiger partial charge in [0.05, 0.1) is 23.0 Å². The first-order valence-electron chi connectivity index (χ1n) is 8.72. The van der Waals surface area contributed by atoms with E-state index in [9.17, 15) is 14.8 Å². The molecule has 0 radical (unpaired) electrons. The number of aliphatic imine (C=N–C) groups is 1. The molecule has 0 saturated heterocycles. The van der Waals surface area contributed by atoms with Crippen LogP contribution >= 0.6 is 0 Å². The highest BCUT2D eigenvalue weighted by atomic mass is 16.3. The molecule has 2 aromatic heterocycles. The Labute approximate surface area is 165 Å². The lowest BCUT2D eigenvalue weighted by atomic mass is 10.0. The topological polar surface area (TPSA) is 110 Å². The van der Waals surface area contributed by atoms with E-state index in [1.54, 1.807) is 6.07 Å². The summed E-state index contributed by atoms with van der Waals surface area (Å²) in [6, 6.07) is 13.8. The van der Waals surface area contributed by atoms with Gasteiger partial charge in [-0.1, -0.05) is 30.3 Å². The van der Waals surface area contributed by atoms with E-state index in [-0.39, 0.29) is 11.6 Å². The molecule has 0 atom stereocenters. The van der Waals surface area contributed by atoms with Gasteiger partial charge in [-0.25, -0.2) is 9.98 Å². The normalized spacial score (nSPS) is 11.6. The zero-order valence-corrected chi connectivity index (χ0v) is 15.4. The Balaban J connectivity index is 2.08. The van der Waals surface area contributed by atoms with E-state index < -0.39 is 5.91 Å². The van der Waals surface area contributed by atoms with Crippen LogP contribution in [0.4, 0.5) is 11.5 Å². The summed E-state index contributed by atoms with van der Waals surface area (Å²) in [6.07, 6.45) is 4.55. The molecule has 142 valence electrons. The van der Waals surface area contributed by atoms with E-state index in [4.69, 9.17) is 0 Å². The van der Waals surface area contributed by atoms with E-state index >= 15 is 0 Å². The maximum absolute atomic E-state index is 12.2. The van der Waals surface area contributed by atoms with Crippen molar-refractivity contribution in [2.24, 2.45) is 10.2 Å². The third-order valence-corrected chi connectivity index (χ3v) is 4.41. The maximum atomic E-state index is 12.2. The van der Waals surface area contributed by atoms with Crippen molar-refractivity contribution >= 4 is 34.0 Å². The molecule has 0 aliphatic carbocycles. The number of hydrogen-bond donors (Lipinski definition) is 1. The molecule has 1 N–H and O–H groups in total. The largest absolute Gasteiger partial charge is 0.494 e. The van der Waals surface area contributed by atoms with Crippen LogP contribution in [0, 0.1) is 4.91 Å². The molecule has 0 bridgehead atoms. The van der Waals surface area contributed by atoms with Crippen LogP contribution in [0.1, 0.15) is 22.8 Å². The zero-order valence-electron chi connectivity index (χ0n) is 15.4. The van der Waals surface area contributed by atoms with Crippen molar-refractivity contribution in [2.75, 3.05) is 0 Å². The van der Waals surface area contributed by atoms with Gasteiger partial charge in [-0.3, -0.25) is 14.3 Å². The van der Waals surface area contributed by atoms with E-state index in [1.807, 2.05) is 30.3 Å². The molecule has 8 heteroatoms. The highest BCUT2D eigenvalue weighted by Gasteiger charge is 2.24. The second-order valence-electron chi connectivity index (χ2n) is 6.24. The molecule has 0 amide bonds. The number of nitrogens with zero attached hydrogens (tertiary/aromatic N) is 5. The number of hydrogen-bond acceptors (Lipinski definition) is 7. The Morgan fingerprint density at radius 3 is 2.55 bits per heavy atom. The summed E-state index contributed by atoms with van der Waals surface area (Å²) in [7, 11) is 0. The molecule has 0 aliphatic heterocycles. The monoisotopic (exact) mass is 385 g/mol. The van der Waals surface area contributed by atoms with Gasteiger partial charge in [0.15, 0.2) is 5.82 Å². The number of aromatic nitrogens is 3. The van der Waals surface area contributed by atoms with Crippen molar-refractivity contribution in [3.8, 4) is 5.88 Å². The lowest BCUT2D eigenvalue weighted by Crippen LogP contribution is -2.07. The van der Waals surface area contributed by atoms with Gasteiger partial charge in [0.25, 0.3) is 0 Å². The van der Waals surface area contributed by atoms with Gasteiger partial charge in [0, 0.05) is 30.3 Å². The van der Waals surface area contributed by atoms with Crippen LogP contribution in [0.15, 0.2) is 77.3 Å². The first-order valence-corrected chi connectivity index (χ1v) is 8.72. The molecule has 0 aliphatic rings. The number of aromatic hydroxyl groups is 1. The number of carbonyl (C=O) groups excluding carboxylic acids is 1. The van der Waals surface area contributed by atoms with Crippen LogP contribution in [-0.4, -0.2) is 31.3 Å². The SMILES string of the molecule is CC(=O)n1c(O)c(C(=Nc2cnccn2)c2ccccc2)c2ccc(N=O)cc21. The molecule has 2 aromatic carbocycles. The van der Waals surface area contributed by atoms with Crippen LogP contribution in [0.5, 0.6) is 5.88 Å². The number of benzene rings is 2. The minimum Gasteiger partial charge on any atom is -0.494 e. The van der Waals surface area contributed by atoms with Crippen molar-refractivity contribution < 1.29 is 9.90 Å². The minimum absolute atomic E-state index is 0.149. The Morgan fingerprint density at radius 1 is 1.10 bits per heavy atom. The maximum Gasteiger partial charge on any atom is 0.230 e. The predicted octanol–water partition coefficient (Wildman–Crippen LogP) is 4.36. The van der Waals surface area contributed by atoms with E-state index in [0.29, 0.717) is 33.6 Å². The second-order valence-corrected chi connectivity index (χ2v) is 6.24. The van der Waals surface area contributed by atoms with E-state index in [1.165, 1.54) is 37.6 Å². The van der Waals surface area contributed by atoms with Crippen LogP contribution in [0.2, 0.25) is 0 Å². The minimum atomic E-state index is -0.409. The predicted molar refractivity (Wildman–Crippen MR) is 109 cm³/mol. The van der Waals surface area contributed by atoms with Gasteiger partial charge in [-0.05, 0) is 23.4 Å². The van der Waals surface area contributed by atoms with E-state index in [0.717, 1.165) is 4.57 Å². The standard InChI is InChI=1S/C21H15N5O3/c1-13(27)26-17-11-15(25-29)7-8-16(17)19(21(26)28)20(14-5-3-2-4-6-14)24-18-12-22-9-10-23-18/h2-12,28H,1H3. The quantitative estimate of drug-likeness (QED) is 0.414. The zero-order chi connectivity index (χ0) is 20.4. The average Bonchev–Trinajstić information content (AvgIpc) is 3.04. The molecule has 0 unspecified atom stereocenters. The van der Waals surface area contributed by atoms with Crippen LogP contribution in [0.3, 0.4) is 0 Å². The Bertz CT molecular complexity index is 1250. The number of carbonyl (C=O) groups is 1. The van der Waals surface area contributed by atoms with Crippen molar-refractivity contribution in [1.29, 1.82) is 0 Å². The van der Waals surface area contributed by atoms with Crippen molar-refractivity contribution in [3.05, 3.63) is 83.2 Å². The number of nitroso groups, excluding NO2 is 1. The fourth-order valence-electron chi connectivity index (χ4n) is 3.20. The molecule has 2 heterocycles. The molecule has 0 spiro atoms. The molecule has 0 fully saturated rings. The van der Waals surface area contributed by atoms with Crippen LogP contribution in [-0.2, 0) is 0 Å². The van der Waals surface area contributed by atoms with Gasteiger partial charge in [-0.2, -0.15) is 0 Å². The van der Waals surface area contributed by atoms with Crippen molar-refractivity contribution in [2.45, 2.75) is 6.92 Å². The smallest absolute Gasteiger partial charge is 0.230 e. The van der Waals surface area contributed by atoms with Crippen LogP contribution in [0.25, 0.3) is 10.9 Å². The fraction of sp³-hybridized carbons (Fsp3) is 0.0476. The molecule has 4 rings (SSSR count).